The fourth-order valence-electron chi connectivity index (χ4n) is 2.31. The molecule has 1 fully saturated rings. The molecule has 0 aromatic heterocycles. The van der Waals surface area contributed by atoms with Gasteiger partial charge in [0, 0.05) is 23.6 Å². The van der Waals surface area contributed by atoms with Crippen LogP contribution in [0.3, 0.4) is 0 Å². The van der Waals surface area contributed by atoms with E-state index in [0.29, 0.717) is 34.5 Å². The summed E-state index contributed by atoms with van der Waals surface area (Å²) in [6, 6.07) is 4.79. The summed E-state index contributed by atoms with van der Waals surface area (Å²) >= 11 is 11.8. The van der Waals surface area contributed by atoms with Crippen molar-refractivity contribution in [3.05, 3.63) is 33.8 Å². The van der Waals surface area contributed by atoms with Crippen LogP contribution in [0.5, 0.6) is 0 Å². The molecule has 20 heavy (non-hydrogen) atoms. The molecule has 0 N–H and O–H groups in total. The van der Waals surface area contributed by atoms with Gasteiger partial charge in [-0.25, -0.2) is 0 Å². The van der Waals surface area contributed by atoms with E-state index in [2.05, 4.69) is 6.92 Å². The summed E-state index contributed by atoms with van der Waals surface area (Å²) in [5, 5.41) is 0.823. The molecule has 1 aromatic rings. The summed E-state index contributed by atoms with van der Waals surface area (Å²) in [6.45, 7) is 2.86. The SMILES string of the molecule is CC1CCC(=O)N(CC(=O)c2ccc(Cl)cc2Cl)CC1. The van der Waals surface area contributed by atoms with E-state index in [1.807, 2.05) is 0 Å². The molecule has 1 atom stereocenters. The van der Waals surface area contributed by atoms with Crippen LogP contribution in [0.1, 0.15) is 36.5 Å². The maximum atomic E-state index is 12.3. The Morgan fingerprint density at radius 2 is 2.10 bits per heavy atom. The Morgan fingerprint density at radius 3 is 2.80 bits per heavy atom. The van der Waals surface area contributed by atoms with Gasteiger partial charge in [-0.15, -0.1) is 0 Å². The van der Waals surface area contributed by atoms with Crippen molar-refractivity contribution >= 4 is 34.9 Å². The molecular weight excluding hydrogens is 297 g/mol. The summed E-state index contributed by atoms with van der Waals surface area (Å²) in [5.74, 6) is 0.431. The molecule has 2 rings (SSSR count). The van der Waals surface area contributed by atoms with Crippen molar-refractivity contribution in [1.29, 1.82) is 0 Å². The smallest absolute Gasteiger partial charge is 0.222 e. The first-order valence-corrected chi connectivity index (χ1v) is 7.49. The van der Waals surface area contributed by atoms with E-state index in [4.69, 9.17) is 23.2 Å². The summed E-state index contributed by atoms with van der Waals surface area (Å²) in [5.41, 5.74) is 0.418. The number of carbonyl (C=O) groups is 2. The first kappa shape index (κ1) is 15.3. The van der Waals surface area contributed by atoms with Crippen molar-refractivity contribution in [3.8, 4) is 0 Å². The minimum atomic E-state index is -0.144. The topological polar surface area (TPSA) is 37.4 Å². The lowest BCUT2D eigenvalue weighted by Gasteiger charge is -2.20. The third kappa shape index (κ3) is 3.74. The molecule has 1 saturated heterocycles. The van der Waals surface area contributed by atoms with Gasteiger partial charge in [0.2, 0.25) is 5.91 Å². The van der Waals surface area contributed by atoms with Crippen molar-refractivity contribution in [2.45, 2.75) is 26.2 Å². The Bertz CT molecular complexity index is 531. The van der Waals surface area contributed by atoms with Gasteiger partial charge >= 0.3 is 0 Å². The number of benzene rings is 1. The lowest BCUT2D eigenvalue weighted by molar-refractivity contribution is -0.130. The molecule has 1 aliphatic heterocycles. The van der Waals surface area contributed by atoms with Crippen LogP contribution in [0.15, 0.2) is 18.2 Å². The molecule has 0 aliphatic carbocycles. The number of hydrogen-bond acceptors (Lipinski definition) is 2. The van der Waals surface area contributed by atoms with Crippen LogP contribution >= 0.6 is 23.2 Å². The van der Waals surface area contributed by atoms with Gasteiger partial charge in [-0.3, -0.25) is 9.59 Å². The fourth-order valence-corrected chi connectivity index (χ4v) is 2.83. The molecular formula is C15H17Cl2NO2. The monoisotopic (exact) mass is 313 g/mol. The first-order valence-electron chi connectivity index (χ1n) is 6.73. The van der Waals surface area contributed by atoms with Crippen molar-refractivity contribution in [1.82, 2.24) is 4.90 Å². The Hall–Kier alpha value is -1.06. The number of ketones is 1. The molecule has 0 saturated carbocycles. The standard InChI is InChI=1S/C15H17Cl2NO2/c1-10-2-5-15(20)18(7-6-10)9-14(19)12-4-3-11(16)8-13(12)17/h3-4,8,10H,2,5-7,9H2,1H3. The zero-order valence-corrected chi connectivity index (χ0v) is 12.9. The second kappa shape index (κ2) is 6.59. The van der Waals surface area contributed by atoms with Gasteiger partial charge in [-0.2, -0.15) is 0 Å². The summed E-state index contributed by atoms with van der Waals surface area (Å²) < 4.78 is 0. The number of amides is 1. The average Bonchev–Trinajstić information content (AvgIpc) is 2.54. The van der Waals surface area contributed by atoms with Crippen LogP contribution in [0.25, 0.3) is 0 Å². The molecule has 0 bridgehead atoms. The zero-order valence-electron chi connectivity index (χ0n) is 11.4. The molecule has 0 spiro atoms. The van der Waals surface area contributed by atoms with Crippen molar-refractivity contribution < 1.29 is 9.59 Å². The van der Waals surface area contributed by atoms with Gasteiger partial charge in [0.1, 0.15) is 0 Å². The van der Waals surface area contributed by atoms with Crippen molar-refractivity contribution in [2.75, 3.05) is 13.1 Å². The van der Waals surface area contributed by atoms with Crippen molar-refractivity contribution in [3.63, 3.8) is 0 Å². The van der Waals surface area contributed by atoms with Gasteiger partial charge in [0.15, 0.2) is 5.78 Å². The number of carbonyl (C=O) groups excluding carboxylic acids is 2. The van der Waals surface area contributed by atoms with Gasteiger partial charge in [0.05, 0.1) is 11.6 Å². The van der Waals surface area contributed by atoms with E-state index < -0.39 is 0 Å². The largest absolute Gasteiger partial charge is 0.335 e. The lowest BCUT2D eigenvalue weighted by atomic mass is 10.0. The van der Waals surface area contributed by atoms with Crippen molar-refractivity contribution in [2.24, 2.45) is 5.92 Å². The summed E-state index contributed by atoms with van der Waals surface area (Å²) in [4.78, 5) is 25.9. The number of likely N-dealkylation sites (tertiary alicyclic amines) is 1. The average molecular weight is 314 g/mol. The highest BCUT2D eigenvalue weighted by atomic mass is 35.5. The molecule has 5 heteroatoms. The first-order chi connectivity index (χ1) is 9.47. The number of halogens is 2. The second-order valence-corrected chi connectivity index (χ2v) is 6.14. The minimum absolute atomic E-state index is 0.0489. The Morgan fingerprint density at radius 1 is 1.35 bits per heavy atom. The predicted molar refractivity (Wildman–Crippen MR) is 80.4 cm³/mol. The predicted octanol–water partition coefficient (Wildman–Crippen LogP) is 3.82. The van der Waals surface area contributed by atoms with E-state index in [1.54, 1.807) is 23.1 Å². The Kier molecular flexibility index (Phi) is 5.06. The van der Waals surface area contributed by atoms with Gasteiger partial charge < -0.3 is 4.90 Å². The van der Waals surface area contributed by atoms with E-state index in [9.17, 15) is 9.59 Å². The van der Waals surface area contributed by atoms with E-state index in [1.165, 1.54) is 0 Å². The maximum Gasteiger partial charge on any atom is 0.222 e. The minimum Gasteiger partial charge on any atom is -0.335 e. The number of rotatable bonds is 3. The third-order valence-electron chi connectivity index (χ3n) is 3.66. The van der Waals surface area contributed by atoms with Crippen LogP contribution in [0.2, 0.25) is 10.0 Å². The zero-order chi connectivity index (χ0) is 14.7. The highest BCUT2D eigenvalue weighted by molar-refractivity contribution is 6.36. The normalized spacial score (nSPS) is 19.9. The number of hydrogen-bond donors (Lipinski definition) is 0. The highest BCUT2D eigenvalue weighted by Gasteiger charge is 2.23. The summed E-state index contributed by atoms with van der Waals surface area (Å²) in [6.07, 6.45) is 2.35. The molecule has 1 heterocycles. The Labute approximate surface area is 128 Å². The molecule has 1 aliphatic rings. The van der Waals surface area contributed by atoms with E-state index in [0.717, 1.165) is 12.8 Å². The fraction of sp³-hybridized carbons (Fsp3) is 0.467. The molecule has 0 radical (unpaired) electrons. The molecule has 3 nitrogen and oxygen atoms in total. The molecule has 108 valence electrons. The van der Waals surface area contributed by atoms with Gasteiger partial charge in [-0.1, -0.05) is 30.1 Å². The maximum absolute atomic E-state index is 12.3. The number of nitrogens with zero attached hydrogens (tertiary/aromatic N) is 1. The van der Waals surface area contributed by atoms with E-state index >= 15 is 0 Å². The van der Waals surface area contributed by atoms with Gasteiger partial charge in [-0.05, 0) is 37.0 Å². The lowest BCUT2D eigenvalue weighted by Crippen LogP contribution is -2.35. The quantitative estimate of drug-likeness (QED) is 0.795. The molecule has 1 amide bonds. The van der Waals surface area contributed by atoms with Gasteiger partial charge in [0.25, 0.3) is 0 Å². The highest BCUT2D eigenvalue weighted by Crippen LogP contribution is 2.23. The Balaban J connectivity index is 2.08. The molecule has 1 aromatic carbocycles. The second-order valence-electron chi connectivity index (χ2n) is 5.30. The molecule has 1 unspecified atom stereocenters. The van der Waals surface area contributed by atoms with Crippen LogP contribution in [-0.2, 0) is 4.79 Å². The van der Waals surface area contributed by atoms with Crippen LogP contribution in [0.4, 0.5) is 0 Å². The van der Waals surface area contributed by atoms with Crippen LogP contribution in [0, 0.1) is 5.92 Å². The van der Waals surface area contributed by atoms with Crippen LogP contribution in [-0.4, -0.2) is 29.7 Å². The third-order valence-corrected chi connectivity index (χ3v) is 4.21. The number of Topliss-reactive ketones (excluding diaryl/α,β-unsaturated/α-hetero) is 1. The van der Waals surface area contributed by atoms with Crippen LogP contribution < -0.4 is 0 Å². The summed E-state index contributed by atoms with van der Waals surface area (Å²) in [7, 11) is 0. The van der Waals surface area contributed by atoms with E-state index in [-0.39, 0.29) is 18.2 Å².